The number of hydrogen-bond donors (Lipinski definition) is 1. The van der Waals surface area contributed by atoms with Crippen molar-refractivity contribution < 1.29 is 19.1 Å². The van der Waals surface area contributed by atoms with E-state index in [0.29, 0.717) is 5.92 Å². The van der Waals surface area contributed by atoms with Crippen LogP contribution < -0.4 is 10.1 Å². The Morgan fingerprint density at radius 1 is 1.07 bits per heavy atom. The van der Waals surface area contributed by atoms with E-state index in [1.54, 1.807) is 7.11 Å². The molecule has 0 aromatic heterocycles. The molecule has 0 spiro atoms. The Kier molecular flexibility index (Phi) is 5.38. The zero-order chi connectivity index (χ0) is 19.7. The van der Waals surface area contributed by atoms with Crippen LogP contribution in [0.15, 0.2) is 24.3 Å². The first-order valence-corrected chi connectivity index (χ1v) is 10.4. The Morgan fingerprint density at radius 2 is 1.68 bits per heavy atom. The molecule has 2 aliphatic carbocycles. The van der Waals surface area contributed by atoms with Gasteiger partial charge in [-0.25, -0.2) is 0 Å². The van der Waals surface area contributed by atoms with Crippen LogP contribution in [0.2, 0.25) is 0 Å². The van der Waals surface area contributed by atoms with Gasteiger partial charge in [-0.2, -0.15) is 0 Å². The number of amides is 3. The van der Waals surface area contributed by atoms with Gasteiger partial charge in [-0.1, -0.05) is 25.0 Å². The molecule has 3 aliphatic rings. The van der Waals surface area contributed by atoms with E-state index >= 15 is 0 Å². The molecule has 3 atom stereocenters. The monoisotopic (exact) mass is 384 g/mol. The number of fused-ring (bicyclic) bond motifs is 1. The van der Waals surface area contributed by atoms with Crippen LogP contribution >= 0.6 is 0 Å². The standard InChI is InChI=1S/C22H28N2O4/c1-28-16-10-8-15(9-11-16)20(14-6-7-14)23-19(25)12-13-24-21(26)17-4-2-3-5-18(17)22(24)27/h8-11,14,17-18,20H,2-7,12-13H2,1H3,(H,23,25)/t17-,18-,20-/m1/s1. The van der Waals surface area contributed by atoms with E-state index in [9.17, 15) is 14.4 Å². The SMILES string of the molecule is COc1ccc([C@H](NC(=O)CCN2C(=O)[C@@H]3CCCC[C@H]3C2=O)C2CC2)cc1. The molecule has 1 saturated heterocycles. The van der Waals surface area contributed by atoms with Crippen molar-refractivity contribution in [1.82, 2.24) is 10.2 Å². The minimum absolute atomic E-state index is 0.0223. The summed E-state index contributed by atoms with van der Waals surface area (Å²) in [6.45, 7) is 0.191. The zero-order valence-corrected chi connectivity index (χ0v) is 16.4. The number of benzene rings is 1. The van der Waals surface area contributed by atoms with Gasteiger partial charge in [-0.05, 0) is 49.3 Å². The summed E-state index contributed by atoms with van der Waals surface area (Å²) in [6, 6.07) is 7.76. The van der Waals surface area contributed by atoms with Gasteiger partial charge in [0.15, 0.2) is 0 Å². The third-order valence-electron chi connectivity index (χ3n) is 6.38. The van der Waals surface area contributed by atoms with E-state index in [4.69, 9.17) is 4.74 Å². The highest BCUT2D eigenvalue weighted by Gasteiger charge is 2.47. The summed E-state index contributed by atoms with van der Waals surface area (Å²) in [5.41, 5.74) is 1.07. The number of imide groups is 1. The lowest BCUT2D eigenvalue weighted by Crippen LogP contribution is -2.36. The van der Waals surface area contributed by atoms with Gasteiger partial charge in [-0.15, -0.1) is 0 Å². The van der Waals surface area contributed by atoms with Crippen molar-refractivity contribution in [3.05, 3.63) is 29.8 Å². The molecule has 3 amide bonds. The topological polar surface area (TPSA) is 75.7 Å². The summed E-state index contributed by atoms with van der Waals surface area (Å²) >= 11 is 0. The number of rotatable bonds is 7. The average molecular weight is 384 g/mol. The molecule has 1 aromatic carbocycles. The summed E-state index contributed by atoms with van der Waals surface area (Å²) in [7, 11) is 1.63. The average Bonchev–Trinajstić information content (AvgIpc) is 3.53. The smallest absolute Gasteiger partial charge is 0.233 e. The first-order chi connectivity index (χ1) is 13.6. The molecule has 1 aliphatic heterocycles. The fourth-order valence-corrected chi connectivity index (χ4v) is 4.62. The van der Waals surface area contributed by atoms with Gasteiger partial charge in [-0.3, -0.25) is 19.3 Å². The second-order valence-corrected chi connectivity index (χ2v) is 8.23. The second-order valence-electron chi connectivity index (χ2n) is 8.23. The molecule has 1 aromatic rings. The van der Waals surface area contributed by atoms with Crippen LogP contribution in [-0.4, -0.2) is 36.3 Å². The van der Waals surface area contributed by atoms with E-state index in [0.717, 1.165) is 49.8 Å². The van der Waals surface area contributed by atoms with E-state index in [-0.39, 0.29) is 48.6 Å². The van der Waals surface area contributed by atoms with Crippen molar-refractivity contribution in [3.63, 3.8) is 0 Å². The molecule has 0 bridgehead atoms. The highest BCUT2D eigenvalue weighted by Crippen LogP contribution is 2.41. The van der Waals surface area contributed by atoms with Gasteiger partial charge in [0.1, 0.15) is 5.75 Å². The number of likely N-dealkylation sites (tertiary alicyclic amines) is 1. The zero-order valence-electron chi connectivity index (χ0n) is 16.4. The molecule has 3 fully saturated rings. The quantitative estimate of drug-likeness (QED) is 0.734. The number of ether oxygens (including phenoxy) is 1. The number of methoxy groups -OCH3 is 1. The van der Waals surface area contributed by atoms with Crippen molar-refractivity contribution in [1.29, 1.82) is 0 Å². The van der Waals surface area contributed by atoms with Crippen LogP contribution in [-0.2, 0) is 14.4 Å². The van der Waals surface area contributed by atoms with Crippen molar-refractivity contribution in [3.8, 4) is 5.75 Å². The molecule has 6 nitrogen and oxygen atoms in total. The van der Waals surface area contributed by atoms with Crippen LogP contribution in [0.4, 0.5) is 0 Å². The van der Waals surface area contributed by atoms with Crippen LogP contribution in [0, 0.1) is 17.8 Å². The van der Waals surface area contributed by atoms with Gasteiger partial charge in [0.05, 0.1) is 25.0 Å². The van der Waals surface area contributed by atoms with Crippen LogP contribution in [0.25, 0.3) is 0 Å². The van der Waals surface area contributed by atoms with Gasteiger partial charge >= 0.3 is 0 Å². The number of carbonyl (C=O) groups is 3. The summed E-state index contributed by atoms with van der Waals surface area (Å²) in [5, 5.41) is 3.12. The Morgan fingerprint density at radius 3 is 2.21 bits per heavy atom. The summed E-state index contributed by atoms with van der Waals surface area (Å²) in [5.74, 6) is 0.689. The number of nitrogens with one attached hydrogen (secondary N) is 1. The minimum Gasteiger partial charge on any atom is -0.497 e. The lowest BCUT2D eigenvalue weighted by Gasteiger charge is -2.20. The normalized spacial score (nSPS) is 25.4. The summed E-state index contributed by atoms with van der Waals surface area (Å²) in [4.78, 5) is 39.0. The van der Waals surface area contributed by atoms with Crippen LogP contribution in [0.1, 0.15) is 56.6 Å². The molecule has 0 radical (unpaired) electrons. The van der Waals surface area contributed by atoms with Crippen molar-refractivity contribution >= 4 is 17.7 Å². The van der Waals surface area contributed by atoms with E-state index in [2.05, 4.69) is 5.32 Å². The molecule has 4 rings (SSSR count). The van der Waals surface area contributed by atoms with Crippen molar-refractivity contribution in [2.45, 2.75) is 51.0 Å². The summed E-state index contributed by atoms with van der Waals surface area (Å²) in [6.07, 6.45) is 6.00. The molecule has 150 valence electrons. The predicted octanol–water partition coefficient (Wildman–Crippen LogP) is 2.83. The van der Waals surface area contributed by atoms with Gasteiger partial charge < -0.3 is 10.1 Å². The maximum atomic E-state index is 12.6. The maximum absolute atomic E-state index is 12.6. The number of nitrogens with zero attached hydrogens (tertiary/aromatic N) is 1. The van der Waals surface area contributed by atoms with Crippen LogP contribution in [0.3, 0.4) is 0 Å². The second kappa shape index (κ2) is 7.94. The van der Waals surface area contributed by atoms with Gasteiger partial charge in [0.25, 0.3) is 0 Å². The molecular weight excluding hydrogens is 356 g/mol. The van der Waals surface area contributed by atoms with Crippen molar-refractivity contribution in [2.75, 3.05) is 13.7 Å². The summed E-state index contributed by atoms with van der Waals surface area (Å²) < 4.78 is 5.21. The Balaban J connectivity index is 1.35. The lowest BCUT2D eigenvalue weighted by molar-refractivity contribution is -0.140. The Hall–Kier alpha value is -2.37. The first kappa shape index (κ1) is 19.0. The lowest BCUT2D eigenvalue weighted by atomic mass is 9.81. The van der Waals surface area contributed by atoms with E-state index in [1.165, 1.54) is 4.90 Å². The molecule has 2 saturated carbocycles. The minimum atomic E-state index is -0.150. The largest absolute Gasteiger partial charge is 0.497 e. The Labute approximate surface area is 165 Å². The van der Waals surface area contributed by atoms with E-state index in [1.807, 2.05) is 24.3 Å². The third-order valence-corrected chi connectivity index (χ3v) is 6.38. The number of carbonyl (C=O) groups excluding carboxylic acids is 3. The molecule has 28 heavy (non-hydrogen) atoms. The van der Waals surface area contributed by atoms with Crippen molar-refractivity contribution in [2.24, 2.45) is 17.8 Å². The molecular formula is C22H28N2O4. The Bertz CT molecular complexity index is 732. The van der Waals surface area contributed by atoms with E-state index < -0.39 is 0 Å². The van der Waals surface area contributed by atoms with Gasteiger partial charge in [0.2, 0.25) is 17.7 Å². The molecule has 1 N–H and O–H groups in total. The molecule has 1 heterocycles. The highest BCUT2D eigenvalue weighted by atomic mass is 16.5. The molecule has 6 heteroatoms. The highest BCUT2D eigenvalue weighted by molar-refractivity contribution is 6.05. The number of hydrogen-bond acceptors (Lipinski definition) is 4. The third kappa shape index (κ3) is 3.77. The van der Waals surface area contributed by atoms with Gasteiger partial charge in [0, 0.05) is 13.0 Å². The first-order valence-electron chi connectivity index (χ1n) is 10.4. The van der Waals surface area contributed by atoms with Crippen LogP contribution in [0.5, 0.6) is 5.75 Å². The molecule has 0 unspecified atom stereocenters. The maximum Gasteiger partial charge on any atom is 0.233 e. The fraction of sp³-hybridized carbons (Fsp3) is 0.591. The fourth-order valence-electron chi connectivity index (χ4n) is 4.62. The predicted molar refractivity (Wildman–Crippen MR) is 103 cm³/mol.